The fourth-order valence-corrected chi connectivity index (χ4v) is 2.16. The van der Waals surface area contributed by atoms with Gasteiger partial charge in [0.15, 0.2) is 5.96 Å². The Morgan fingerprint density at radius 1 is 1.33 bits per heavy atom. The van der Waals surface area contributed by atoms with Crippen molar-refractivity contribution >= 4 is 36.0 Å². The van der Waals surface area contributed by atoms with Crippen LogP contribution in [0.15, 0.2) is 29.3 Å². The van der Waals surface area contributed by atoms with Crippen LogP contribution in [0.25, 0.3) is 0 Å². The molecular weight excluding hydrogens is 462 g/mol. The van der Waals surface area contributed by atoms with Crippen molar-refractivity contribution < 1.29 is 13.9 Å². The Morgan fingerprint density at radius 3 is 2.56 bits per heavy atom. The van der Waals surface area contributed by atoms with E-state index in [1.165, 1.54) is 12.1 Å². The minimum atomic E-state index is -0.508. The van der Waals surface area contributed by atoms with Gasteiger partial charge in [0, 0.05) is 33.2 Å². The zero-order valence-electron chi connectivity index (χ0n) is 17.0. The van der Waals surface area contributed by atoms with E-state index in [0.29, 0.717) is 19.0 Å². The summed E-state index contributed by atoms with van der Waals surface area (Å²) < 4.78 is 18.6. The van der Waals surface area contributed by atoms with Crippen molar-refractivity contribution in [1.29, 1.82) is 0 Å². The van der Waals surface area contributed by atoms with Gasteiger partial charge in [0.25, 0.3) is 0 Å². The van der Waals surface area contributed by atoms with Gasteiger partial charge >= 0.3 is 6.09 Å². The number of carbonyl (C=O) groups is 1. The lowest BCUT2D eigenvalue weighted by Gasteiger charge is -2.28. The highest BCUT2D eigenvalue weighted by atomic mass is 127. The minimum absolute atomic E-state index is 0. The molecule has 0 heterocycles. The lowest BCUT2D eigenvalue weighted by atomic mass is 10.2. The van der Waals surface area contributed by atoms with E-state index in [-0.39, 0.29) is 41.9 Å². The number of carbonyl (C=O) groups excluding carboxylic acids is 1. The topological polar surface area (TPSA) is 66.0 Å². The Kier molecular flexibility index (Phi) is 11.3. The summed E-state index contributed by atoms with van der Waals surface area (Å²) in [6, 6.07) is 6.44. The number of rotatable bonds is 6. The van der Waals surface area contributed by atoms with E-state index >= 15 is 0 Å². The zero-order chi connectivity index (χ0) is 19.7. The molecule has 0 aliphatic rings. The Bertz CT molecular complexity index is 620. The molecule has 0 fully saturated rings. The second-order valence-corrected chi connectivity index (χ2v) is 7.21. The van der Waals surface area contributed by atoms with E-state index < -0.39 is 5.60 Å². The van der Waals surface area contributed by atoms with Gasteiger partial charge in [0.1, 0.15) is 11.4 Å². The normalized spacial score (nSPS) is 12.6. The van der Waals surface area contributed by atoms with Crippen LogP contribution in [0.5, 0.6) is 0 Å². The maximum absolute atomic E-state index is 13.2. The third kappa shape index (κ3) is 10.4. The average molecular weight is 494 g/mol. The van der Waals surface area contributed by atoms with Crippen molar-refractivity contribution in [3.63, 3.8) is 0 Å². The first kappa shape index (κ1) is 25.4. The lowest BCUT2D eigenvalue weighted by Crippen LogP contribution is -2.42. The lowest BCUT2D eigenvalue weighted by molar-refractivity contribution is 0.0230. The minimum Gasteiger partial charge on any atom is -0.444 e. The summed E-state index contributed by atoms with van der Waals surface area (Å²) in [6.45, 7) is 8.62. The number of halogens is 2. The molecule has 0 bridgehead atoms. The van der Waals surface area contributed by atoms with Crippen molar-refractivity contribution in [2.24, 2.45) is 4.99 Å². The summed E-state index contributed by atoms with van der Waals surface area (Å²) in [7, 11) is 3.41. The smallest absolute Gasteiger partial charge is 0.410 e. The molecule has 1 aromatic rings. The summed E-state index contributed by atoms with van der Waals surface area (Å²) >= 11 is 0. The van der Waals surface area contributed by atoms with Crippen LogP contribution >= 0.6 is 24.0 Å². The Labute approximate surface area is 179 Å². The number of aliphatic imine (C=N–C) groups is 1. The molecule has 0 saturated heterocycles. The highest BCUT2D eigenvalue weighted by Crippen LogP contribution is 2.11. The monoisotopic (exact) mass is 494 g/mol. The summed E-state index contributed by atoms with van der Waals surface area (Å²) in [5.41, 5.74) is 0.331. The van der Waals surface area contributed by atoms with Crippen molar-refractivity contribution in [2.75, 3.05) is 20.6 Å². The molecule has 0 aliphatic carbocycles. The second kappa shape index (κ2) is 12.0. The molecular formula is C19H32FIN4O2. The van der Waals surface area contributed by atoms with E-state index in [2.05, 4.69) is 15.6 Å². The quantitative estimate of drug-likeness (QED) is 0.359. The van der Waals surface area contributed by atoms with Crippen LogP contribution in [0.2, 0.25) is 0 Å². The summed E-state index contributed by atoms with van der Waals surface area (Å²) in [5.74, 6) is 0.368. The maximum Gasteiger partial charge on any atom is 0.410 e. The number of benzene rings is 1. The SMILES string of the molecule is CN=C(NCCC(C)N(C)C(=O)OC(C)(C)C)NCc1cccc(F)c1.I. The first-order valence-electron chi connectivity index (χ1n) is 8.77. The molecule has 1 amide bonds. The molecule has 27 heavy (non-hydrogen) atoms. The fourth-order valence-electron chi connectivity index (χ4n) is 2.16. The maximum atomic E-state index is 13.2. The van der Waals surface area contributed by atoms with Gasteiger partial charge in [-0.05, 0) is 51.8 Å². The van der Waals surface area contributed by atoms with Crippen LogP contribution in [0.3, 0.4) is 0 Å². The summed E-state index contributed by atoms with van der Waals surface area (Å²) in [6.07, 6.45) is 0.398. The molecule has 0 aliphatic heterocycles. The fraction of sp³-hybridized carbons (Fsp3) is 0.579. The Hall–Kier alpha value is -1.58. The Balaban J connectivity index is 0.00000676. The average Bonchev–Trinajstić information content (AvgIpc) is 2.55. The highest BCUT2D eigenvalue weighted by molar-refractivity contribution is 14.0. The molecule has 154 valence electrons. The van der Waals surface area contributed by atoms with Gasteiger partial charge in [-0.3, -0.25) is 4.99 Å². The molecule has 0 radical (unpaired) electrons. The van der Waals surface area contributed by atoms with E-state index in [1.54, 1.807) is 25.1 Å². The van der Waals surface area contributed by atoms with Crippen molar-refractivity contribution in [2.45, 2.75) is 52.3 Å². The summed E-state index contributed by atoms with van der Waals surface area (Å²) in [5, 5.41) is 6.33. The van der Waals surface area contributed by atoms with Gasteiger partial charge in [-0.25, -0.2) is 9.18 Å². The van der Waals surface area contributed by atoms with Gasteiger partial charge in [0.2, 0.25) is 0 Å². The number of ether oxygens (including phenoxy) is 1. The van der Waals surface area contributed by atoms with Crippen molar-refractivity contribution in [3.05, 3.63) is 35.6 Å². The third-order valence-corrected chi connectivity index (χ3v) is 3.77. The van der Waals surface area contributed by atoms with E-state index in [4.69, 9.17) is 4.74 Å². The third-order valence-electron chi connectivity index (χ3n) is 3.77. The van der Waals surface area contributed by atoms with Gasteiger partial charge < -0.3 is 20.3 Å². The number of guanidine groups is 1. The summed E-state index contributed by atoms with van der Waals surface area (Å²) in [4.78, 5) is 17.8. The van der Waals surface area contributed by atoms with E-state index in [9.17, 15) is 9.18 Å². The van der Waals surface area contributed by atoms with E-state index in [1.807, 2.05) is 33.8 Å². The van der Waals surface area contributed by atoms with Crippen LogP contribution < -0.4 is 10.6 Å². The largest absolute Gasteiger partial charge is 0.444 e. The Morgan fingerprint density at radius 2 is 2.00 bits per heavy atom. The van der Waals surface area contributed by atoms with Crippen LogP contribution in [-0.2, 0) is 11.3 Å². The first-order valence-corrected chi connectivity index (χ1v) is 8.77. The van der Waals surface area contributed by atoms with Crippen LogP contribution in [-0.4, -0.2) is 49.2 Å². The molecule has 1 rings (SSSR count). The first-order chi connectivity index (χ1) is 12.1. The predicted molar refractivity (Wildman–Crippen MR) is 118 cm³/mol. The number of amides is 1. The standard InChI is InChI=1S/C19H31FN4O2.HI/c1-14(24(6)18(25)26-19(2,3)4)10-11-22-17(21-5)23-13-15-8-7-9-16(20)12-15;/h7-9,12,14H,10-11,13H2,1-6H3,(H2,21,22,23);1H. The number of nitrogens with one attached hydrogen (secondary N) is 2. The zero-order valence-corrected chi connectivity index (χ0v) is 19.3. The number of hydrogen-bond acceptors (Lipinski definition) is 3. The van der Waals surface area contributed by atoms with Crippen LogP contribution in [0, 0.1) is 5.82 Å². The number of hydrogen-bond donors (Lipinski definition) is 2. The van der Waals surface area contributed by atoms with E-state index in [0.717, 1.165) is 12.0 Å². The van der Waals surface area contributed by atoms with Gasteiger partial charge in [-0.1, -0.05) is 12.1 Å². The molecule has 0 saturated carbocycles. The van der Waals surface area contributed by atoms with Crippen molar-refractivity contribution in [1.82, 2.24) is 15.5 Å². The molecule has 1 unspecified atom stereocenters. The molecule has 6 nitrogen and oxygen atoms in total. The van der Waals surface area contributed by atoms with Gasteiger partial charge in [-0.2, -0.15) is 0 Å². The molecule has 1 atom stereocenters. The molecule has 1 aromatic carbocycles. The number of nitrogens with zero attached hydrogens (tertiary/aromatic N) is 2. The van der Waals surface area contributed by atoms with Crippen LogP contribution in [0.1, 0.15) is 39.7 Å². The molecule has 2 N–H and O–H groups in total. The molecule has 0 spiro atoms. The molecule has 8 heteroatoms. The molecule has 0 aromatic heterocycles. The van der Waals surface area contributed by atoms with Crippen LogP contribution in [0.4, 0.5) is 9.18 Å². The second-order valence-electron chi connectivity index (χ2n) is 7.21. The predicted octanol–water partition coefficient (Wildman–Crippen LogP) is 3.75. The highest BCUT2D eigenvalue weighted by Gasteiger charge is 2.22. The van der Waals surface area contributed by atoms with Gasteiger partial charge in [-0.15, -0.1) is 24.0 Å². The van der Waals surface area contributed by atoms with Gasteiger partial charge in [0.05, 0.1) is 0 Å². The van der Waals surface area contributed by atoms with Crippen molar-refractivity contribution in [3.8, 4) is 0 Å².